The van der Waals surface area contributed by atoms with Gasteiger partial charge < -0.3 is 19.5 Å². The van der Waals surface area contributed by atoms with Crippen LogP contribution in [0.3, 0.4) is 0 Å². The van der Waals surface area contributed by atoms with Gasteiger partial charge in [-0.15, -0.1) is 11.8 Å². The van der Waals surface area contributed by atoms with Crippen LogP contribution in [0.2, 0.25) is 0 Å². The lowest BCUT2D eigenvalue weighted by Crippen LogP contribution is -2.36. The molecular weight excluding hydrogens is 406 g/mol. The normalized spacial score (nSPS) is 23.3. The summed E-state index contributed by atoms with van der Waals surface area (Å²) in [5.41, 5.74) is 0.876. The standard InChI is InChI=1S/C21H27N3O5S/c1-21(2)10-12(7-8-29-21)24-19-17(20(26)23-24)18(30-11-16(25)22-19)14-6-5-13(27-3)9-15(14)28-4/h5-6,9,12,18H,7-8,10-11H2,1-4H3,(H,22,25)(H,23,26)/t12-,18-/m1/s1. The Bertz CT molecular complexity index is 1010. The number of hydrogen-bond acceptors (Lipinski definition) is 6. The second-order valence-electron chi connectivity index (χ2n) is 8.18. The number of aromatic amines is 1. The van der Waals surface area contributed by atoms with Gasteiger partial charge in [0.25, 0.3) is 5.56 Å². The highest BCUT2D eigenvalue weighted by molar-refractivity contribution is 8.00. The molecule has 0 unspecified atom stereocenters. The minimum Gasteiger partial charge on any atom is -0.497 e. The maximum atomic E-state index is 13.1. The van der Waals surface area contributed by atoms with E-state index >= 15 is 0 Å². The molecule has 30 heavy (non-hydrogen) atoms. The average Bonchev–Trinajstić information content (AvgIpc) is 2.92. The molecule has 1 saturated heterocycles. The minimum atomic E-state index is -0.349. The topological polar surface area (TPSA) is 94.6 Å². The molecule has 3 heterocycles. The van der Waals surface area contributed by atoms with Gasteiger partial charge in [-0.2, -0.15) is 0 Å². The summed E-state index contributed by atoms with van der Waals surface area (Å²) in [6.45, 7) is 4.68. The zero-order valence-corrected chi connectivity index (χ0v) is 18.4. The highest BCUT2D eigenvalue weighted by Gasteiger charge is 2.36. The lowest BCUT2D eigenvalue weighted by molar-refractivity contribution is -0.113. The third-order valence-electron chi connectivity index (χ3n) is 5.62. The van der Waals surface area contributed by atoms with E-state index < -0.39 is 0 Å². The first kappa shape index (κ1) is 20.9. The van der Waals surface area contributed by atoms with Crippen molar-refractivity contribution in [3.8, 4) is 11.5 Å². The first-order valence-electron chi connectivity index (χ1n) is 9.94. The highest BCUT2D eigenvalue weighted by Crippen LogP contribution is 2.45. The molecule has 1 fully saturated rings. The summed E-state index contributed by atoms with van der Waals surface area (Å²) in [7, 11) is 3.18. The third kappa shape index (κ3) is 3.83. The van der Waals surface area contributed by atoms with Crippen molar-refractivity contribution in [1.82, 2.24) is 9.78 Å². The lowest BCUT2D eigenvalue weighted by Gasteiger charge is -2.36. The van der Waals surface area contributed by atoms with Crippen LogP contribution in [0, 0.1) is 0 Å². The summed E-state index contributed by atoms with van der Waals surface area (Å²) in [4.78, 5) is 25.6. The van der Waals surface area contributed by atoms with E-state index in [1.165, 1.54) is 11.8 Å². The fraction of sp³-hybridized carbons (Fsp3) is 0.524. The van der Waals surface area contributed by atoms with Crippen LogP contribution in [-0.2, 0) is 9.53 Å². The zero-order valence-electron chi connectivity index (χ0n) is 17.6. The molecule has 0 radical (unpaired) electrons. The number of carbonyl (C=O) groups excluding carboxylic acids is 1. The zero-order chi connectivity index (χ0) is 21.5. The molecule has 0 spiro atoms. The maximum absolute atomic E-state index is 13.1. The fourth-order valence-electron chi connectivity index (χ4n) is 4.22. The van der Waals surface area contributed by atoms with Gasteiger partial charge >= 0.3 is 0 Å². The molecule has 162 valence electrons. The van der Waals surface area contributed by atoms with Gasteiger partial charge in [0, 0.05) is 18.2 Å². The van der Waals surface area contributed by atoms with Crippen LogP contribution in [0.5, 0.6) is 11.5 Å². The van der Waals surface area contributed by atoms with Gasteiger partial charge in [0.2, 0.25) is 5.91 Å². The van der Waals surface area contributed by atoms with Crippen molar-refractivity contribution in [3.05, 3.63) is 39.7 Å². The Balaban J connectivity index is 1.82. The number of H-pyrrole nitrogens is 1. The summed E-state index contributed by atoms with van der Waals surface area (Å²) in [5.74, 6) is 1.94. The molecular formula is C21H27N3O5S. The van der Waals surface area contributed by atoms with E-state index in [0.717, 1.165) is 18.4 Å². The van der Waals surface area contributed by atoms with Crippen LogP contribution in [-0.4, -0.2) is 47.9 Å². The smallest absolute Gasteiger partial charge is 0.270 e. The van der Waals surface area contributed by atoms with Crippen molar-refractivity contribution in [3.63, 3.8) is 0 Å². The second kappa shape index (κ2) is 8.03. The predicted molar refractivity (Wildman–Crippen MR) is 116 cm³/mol. The van der Waals surface area contributed by atoms with E-state index in [2.05, 4.69) is 10.4 Å². The van der Waals surface area contributed by atoms with Gasteiger partial charge in [-0.3, -0.25) is 19.4 Å². The number of nitrogens with zero attached hydrogens (tertiary/aromatic N) is 1. The molecule has 1 aromatic heterocycles. The number of rotatable bonds is 4. The third-order valence-corrected chi connectivity index (χ3v) is 6.87. The van der Waals surface area contributed by atoms with Crippen LogP contribution < -0.4 is 20.3 Å². The van der Waals surface area contributed by atoms with Gasteiger partial charge in [-0.25, -0.2) is 0 Å². The molecule has 0 aliphatic carbocycles. The maximum Gasteiger partial charge on any atom is 0.270 e. The first-order valence-corrected chi connectivity index (χ1v) is 11.0. The SMILES string of the molecule is COc1ccc([C@H]2SCC(=O)Nc3c2c(=O)[nH]n3[C@@H]2CCOC(C)(C)C2)c(OC)c1. The van der Waals surface area contributed by atoms with Crippen molar-refractivity contribution >= 4 is 23.5 Å². The minimum absolute atomic E-state index is 0.0343. The van der Waals surface area contributed by atoms with Gasteiger partial charge in [0.1, 0.15) is 17.3 Å². The van der Waals surface area contributed by atoms with E-state index in [4.69, 9.17) is 14.2 Å². The Labute approximate surface area is 179 Å². The van der Waals surface area contributed by atoms with Crippen LogP contribution in [0.25, 0.3) is 0 Å². The number of amides is 1. The molecule has 8 nitrogen and oxygen atoms in total. The molecule has 0 bridgehead atoms. The summed E-state index contributed by atoms with van der Waals surface area (Å²) < 4.78 is 18.5. The van der Waals surface area contributed by atoms with Crippen LogP contribution >= 0.6 is 11.8 Å². The number of fused-ring (bicyclic) bond motifs is 1. The van der Waals surface area contributed by atoms with Crippen LogP contribution in [0.4, 0.5) is 5.82 Å². The Hall–Kier alpha value is -2.39. The predicted octanol–water partition coefficient (Wildman–Crippen LogP) is 3.10. The molecule has 1 amide bonds. The molecule has 0 saturated carbocycles. The van der Waals surface area contributed by atoms with Crippen LogP contribution in [0.1, 0.15) is 49.1 Å². The fourth-order valence-corrected chi connectivity index (χ4v) is 5.37. The summed E-state index contributed by atoms with van der Waals surface area (Å²) in [6.07, 6.45) is 1.50. The number of aromatic nitrogens is 2. The lowest BCUT2D eigenvalue weighted by atomic mass is 9.94. The van der Waals surface area contributed by atoms with Crippen molar-refractivity contribution in [2.24, 2.45) is 0 Å². The van der Waals surface area contributed by atoms with Crippen molar-refractivity contribution in [2.75, 3.05) is 31.9 Å². The molecule has 2 aliphatic rings. The number of hydrogen-bond donors (Lipinski definition) is 2. The summed E-state index contributed by atoms with van der Waals surface area (Å²) in [6, 6.07) is 5.56. The second-order valence-corrected chi connectivity index (χ2v) is 9.27. The highest BCUT2D eigenvalue weighted by atomic mass is 32.2. The number of anilines is 1. The quantitative estimate of drug-likeness (QED) is 0.770. The number of nitrogens with one attached hydrogen (secondary N) is 2. The van der Waals surface area contributed by atoms with Crippen molar-refractivity contribution in [2.45, 2.75) is 43.6 Å². The molecule has 1 aromatic carbocycles. The molecule has 2 N–H and O–H groups in total. The van der Waals surface area contributed by atoms with Gasteiger partial charge in [-0.05, 0) is 32.8 Å². The van der Waals surface area contributed by atoms with Crippen molar-refractivity contribution < 1.29 is 19.0 Å². The average molecular weight is 434 g/mol. The Kier molecular flexibility index (Phi) is 5.59. The van der Waals surface area contributed by atoms with Crippen LogP contribution in [0.15, 0.2) is 23.0 Å². The van der Waals surface area contributed by atoms with Gasteiger partial charge in [-0.1, -0.05) is 6.07 Å². The van der Waals surface area contributed by atoms with E-state index in [-0.39, 0.29) is 34.1 Å². The largest absolute Gasteiger partial charge is 0.497 e. The number of thioether (sulfide) groups is 1. The van der Waals surface area contributed by atoms with Crippen molar-refractivity contribution in [1.29, 1.82) is 0 Å². The number of benzene rings is 1. The summed E-state index contributed by atoms with van der Waals surface area (Å²) in [5, 5.41) is 5.60. The molecule has 2 aliphatic heterocycles. The van der Waals surface area contributed by atoms with Gasteiger partial charge in [0.15, 0.2) is 0 Å². The van der Waals surface area contributed by atoms with Gasteiger partial charge in [0.05, 0.1) is 42.4 Å². The van der Waals surface area contributed by atoms with E-state index in [1.807, 2.05) is 30.7 Å². The Morgan fingerprint density at radius 2 is 2.03 bits per heavy atom. The van der Waals surface area contributed by atoms with E-state index in [0.29, 0.717) is 29.5 Å². The molecule has 2 atom stereocenters. The molecule has 9 heteroatoms. The summed E-state index contributed by atoms with van der Waals surface area (Å²) >= 11 is 1.41. The van der Waals surface area contributed by atoms with E-state index in [1.54, 1.807) is 20.3 Å². The first-order chi connectivity index (χ1) is 14.3. The monoisotopic (exact) mass is 433 g/mol. The molecule has 4 rings (SSSR count). The Morgan fingerprint density at radius 1 is 1.23 bits per heavy atom. The number of ether oxygens (including phenoxy) is 3. The number of methoxy groups -OCH3 is 2. The Morgan fingerprint density at radius 3 is 2.73 bits per heavy atom. The number of carbonyl (C=O) groups is 1. The van der Waals surface area contributed by atoms with E-state index in [9.17, 15) is 9.59 Å². The molecule has 2 aromatic rings.